The van der Waals surface area contributed by atoms with Gasteiger partial charge < -0.3 is 20.3 Å². The second kappa shape index (κ2) is 6.21. The van der Waals surface area contributed by atoms with Gasteiger partial charge in [0.25, 0.3) is 0 Å². The summed E-state index contributed by atoms with van der Waals surface area (Å²) in [7, 11) is 0. The minimum atomic E-state index is -1.72. The van der Waals surface area contributed by atoms with E-state index < -0.39 is 41.1 Å². The zero-order valence-electron chi connectivity index (χ0n) is 12.7. The van der Waals surface area contributed by atoms with Crippen molar-refractivity contribution < 1.29 is 29.0 Å². The molecule has 0 aromatic heterocycles. The zero-order valence-corrected chi connectivity index (χ0v) is 12.7. The topological polar surface area (TPSA) is 116 Å². The molecule has 0 bridgehead atoms. The number of esters is 2. The van der Waals surface area contributed by atoms with Crippen LogP contribution in [0.4, 0.5) is 0 Å². The highest BCUT2D eigenvalue weighted by molar-refractivity contribution is 6.00. The molecule has 7 nitrogen and oxygen atoms in total. The van der Waals surface area contributed by atoms with Gasteiger partial charge in [0.15, 0.2) is 5.92 Å². The lowest BCUT2D eigenvalue weighted by molar-refractivity contribution is -0.178. The van der Waals surface area contributed by atoms with Gasteiger partial charge in [0.2, 0.25) is 0 Å². The molecule has 7 heteroatoms. The Morgan fingerprint density at radius 1 is 0.900 bits per heavy atom. The number of nitrogens with two attached hydrogens (primary N) is 1. The number of aliphatic carboxylic acids is 1. The molecule has 0 unspecified atom stereocenters. The molecule has 0 rings (SSSR count). The number of carboxylic acid groups (broad SMARTS) is 1. The van der Waals surface area contributed by atoms with E-state index >= 15 is 0 Å². The van der Waals surface area contributed by atoms with Gasteiger partial charge in [0.05, 0.1) is 0 Å². The highest BCUT2D eigenvalue weighted by Gasteiger charge is 2.42. The van der Waals surface area contributed by atoms with Crippen molar-refractivity contribution in [1.82, 2.24) is 0 Å². The van der Waals surface area contributed by atoms with E-state index in [4.69, 9.17) is 20.3 Å². The fourth-order valence-corrected chi connectivity index (χ4v) is 1.26. The summed E-state index contributed by atoms with van der Waals surface area (Å²) < 4.78 is 10.0. The fraction of sp³-hybridized carbons (Fsp3) is 0.769. The van der Waals surface area contributed by atoms with Gasteiger partial charge in [-0.15, -0.1) is 0 Å². The Morgan fingerprint density at radius 3 is 1.40 bits per heavy atom. The maximum Gasteiger partial charge on any atom is 0.323 e. The number of carbonyl (C=O) groups is 3. The summed E-state index contributed by atoms with van der Waals surface area (Å²) in [5, 5.41) is 8.91. The number of carbonyl (C=O) groups excluding carboxylic acids is 2. The van der Waals surface area contributed by atoms with E-state index in [0.29, 0.717) is 0 Å². The van der Waals surface area contributed by atoms with Crippen LogP contribution < -0.4 is 5.73 Å². The lowest BCUT2D eigenvalue weighted by Crippen LogP contribution is -2.49. The maximum atomic E-state index is 12.0. The van der Waals surface area contributed by atoms with Gasteiger partial charge in [-0.1, -0.05) is 0 Å². The fourth-order valence-electron chi connectivity index (χ4n) is 1.26. The second-order valence-electron chi connectivity index (χ2n) is 6.41. The van der Waals surface area contributed by atoms with Gasteiger partial charge in [0.1, 0.15) is 17.2 Å². The molecule has 0 aliphatic rings. The molecule has 0 aromatic carbocycles. The number of ether oxygens (including phenoxy) is 2. The SMILES string of the molecule is CC(C)(C)OC(=O)C(C(=O)OC(C)(C)C)[C@@H](N)C(=O)O. The molecule has 0 fully saturated rings. The quantitative estimate of drug-likeness (QED) is 0.578. The molecule has 0 saturated heterocycles. The Morgan fingerprint density at radius 2 is 1.20 bits per heavy atom. The lowest BCUT2D eigenvalue weighted by Gasteiger charge is -2.27. The van der Waals surface area contributed by atoms with E-state index in [9.17, 15) is 14.4 Å². The Hall–Kier alpha value is -1.63. The third kappa shape index (κ3) is 6.51. The van der Waals surface area contributed by atoms with Gasteiger partial charge in [-0.2, -0.15) is 0 Å². The van der Waals surface area contributed by atoms with Crippen LogP contribution in [0.1, 0.15) is 41.5 Å². The van der Waals surface area contributed by atoms with E-state index in [1.807, 2.05) is 0 Å². The van der Waals surface area contributed by atoms with Gasteiger partial charge >= 0.3 is 17.9 Å². The van der Waals surface area contributed by atoms with E-state index in [2.05, 4.69) is 0 Å². The molecule has 0 aliphatic carbocycles. The molecule has 0 spiro atoms. The third-order valence-electron chi connectivity index (χ3n) is 1.97. The molecule has 0 amide bonds. The van der Waals surface area contributed by atoms with E-state index in [1.54, 1.807) is 41.5 Å². The number of hydrogen-bond donors (Lipinski definition) is 2. The summed E-state index contributed by atoms with van der Waals surface area (Å²) in [5.74, 6) is -5.21. The normalized spacial score (nSPS) is 13.8. The van der Waals surface area contributed by atoms with Gasteiger partial charge in [-0.05, 0) is 41.5 Å². The summed E-state index contributed by atoms with van der Waals surface area (Å²) in [5.41, 5.74) is 3.67. The van der Waals surface area contributed by atoms with Crippen LogP contribution in [0.2, 0.25) is 0 Å². The van der Waals surface area contributed by atoms with E-state index in [0.717, 1.165) is 0 Å². The average Bonchev–Trinajstić information content (AvgIpc) is 2.10. The van der Waals surface area contributed by atoms with E-state index in [1.165, 1.54) is 0 Å². The maximum absolute atomic E-state index is 12.0. The summed E-state index contributed by atoms with van der Waals surface area (Å²) in [6, 6.07) is -1.72. The first-order valence-corrected chi connectivity index (χ1v) is 6.19. The Balaban J connectivity index is 5.24. The largest absolute Gasteiger partial charge is 0.480 e. The number of rotatable bonds is 4. The van der Waals surface area contributed by atoms with Crippen LogP contribution in [0.3, 0.4) is 0 Å². The molecule has 0 aliphatic heterocycles. The molecule has 116 valence electrons. The minimum Gasteiger partial charge on any atom is -0.480 e. The summed E-state index contributed by atoms with van der Waals surface area (Å²) >= 11 is 0. The van der Waals surface area contributed by atoms with Gasteiger partial charge in [-0.3, -0.25) is 14.4 Å². The lowest BCUT2D eigenvalue weighted by atomic mass is 10.00. The second-order valence-corrected chi connectivity index (χ2v) is 6.41. The number of carboxylic acids is 1. The van der Waals surface area contributed by atoms with Gasteiger partial charge in [-0.25, -0.2) is 0 Å². The average molecular weight is 289 g/mol. The monoisotopic (exact) mass is 289 g/mol. The first kappa shape index (κ1) is 18.4. The molecule has 3 N–H and O–H groups in total. The van der Waals surface area contributed by atoms with Crippen molar-refractivity contribution in [2.45, 2.75) is 58.8 Å². The molecule has 0 radical (unpaired) electrons. The van der Waals surface area contributed by atoms with Crippen LogP contribution in [0.25, 0.3) is 0 Å². The zero-order chi connectivity index (χ0) is 16.3. The first-order chi connectivity index (χ1) is 8.74. The third-order valence-corrected chi connectivity index (χ3v) is 1.97. The van der Waals surface area contributed by atoms with Crippen molar-refractivity contribution in [3.63, 3.8) is 0 Å². The van der Waals surface area contributed by atoms with Crippen molar-refractivity contribution in [2.75, 3.05) is 0 Å². The number of hydrogen-bond acceptors (Lipinski definition) is 6. The van der Waals surface area contributed by atoms with E-state index in [-0.39, 0.29) is 0 Å². The van der Waals surface area contributed by atoms with Crippen molar-refractivity contribution in [2.24, 2.45) is 11.7 Å². The standard InChI is InChI=1S/C13H23NO6/c1-12(2,3)19-10(17)7(8(14)9(15)16)11(18)20-13(4,5)6/h7-8H,14H2,1-6H3,(H,15,16)/t8-/m1/s1. The van der Waals surface area contributed by atoms with Crippen LogP contribution in [0.5, 0.6) is 0 Å². The summed E-state index contributed by atoms with van der Waals surface area (Å²) in [6.07, 6.45) is 0. The molecule has 0 heterocycles. The van der Waals surface area contributed by atoms with Crippen LogP contribution in [0, 0.1) is 5.92 Å². The molecular weight excluding hydrogens is 266 g/mol. The predicted molar refractivity (Wildman–Crippen MR) is 70.8 cm³/mol. The smallest absolute Gasteiger partial charge is 0.323 e. The predicted octanol–water partition coefficient (Wildman–Crippen LogP) is 0.698. The molecule has 20 heavy (non-hydrogen) atoms. The molecule has 0 saturated carbocycles. The molecule has 0 aromatic rings. The van der Waals surface area contributed by atoms with Crippen molar-refractivity contribution in [1.29, 1.82) is 0 Å². The van der Waals surface area contributed by atoms with Crippen LogP contribution in [-0.2, 0) is 23.9 Å². The first-order valence-electron chi connectivity index (χ1n) is 6.19. The molecular formula is C13H23NO6. The Kier molecular flexibility index (Phi) is 5.71. The Labute approximate surface area is 118 Å². The summed E-state index contributed by atoms with van der Waals surface area (Å²) in [4.78, 5) is 34.9. The van der Waals surface area contributed by atoms with Crippen molar-refractivity contribution in [3.05, 3.63) is 0 Å². The minimum absolute atomic E-state index is 0.866. The van der Waals surface area contributed by atoms with Crippen molar-refractivity contribution in [3.8, 4) is 0 Å². The van der Waals surface area contributed by atoms with Gasteiger partial charge in [0, 0.05) is 0 Å². The summed E-state index contributed by atoms with van der Waals surface area (Å²) in [6.45, 7) is 9.60. The van der Waals surface area contributed by atoms with Crippen molar-refractivity contribution >= 4 is 17.9 Å². The van der Waals surface area contributed by atoms with Crippen LogP contribution in [0.15, 0.2) is 0 Å². The highest BCUT2D eigenvalue weighted by Crippen LogP contribution is 2.18. The van der Waals surface area contributed by atoms with Crippen LogP contribution in [-0.4, -0.2) is 40.3 Å². The van der Waals surface area contributed by atoms with Crippen LogP contribution >= 0.6 is 0 Å². The Bertz CT molecular complexity index is 363. The highest BCUT2D eigenvalue weighted by atomic mass is 16.6. The molecule has 1 atom stereocenters.